The van der Waals surface area contributed by atoms with Gasteiger partial charge in [0, 0.05) is 39.8 Å². The highest BCUT2D eigenvalue weighted by atomic mass is 16.5. The summed E-state index contributed by atoms with van der Waals surface area (Å²) in [7, 11) is 1.73. The molecule has 0 saturated carbocycles. The maximum absolute atomic E-state index is 12.3. The van der Waals surface area contributed by atoms with Crippen LogP contribution >= 0.6 is 0 Å². The Kier molecular flexibility index (Phi) is 6.36. The van der Waals surface area contributed by atoms with E-state index in [0.29, 0.717) is 11.3 Å². The third-order valence-electron chi connectivity index (χ3n) is 6.13. The van der Waals surface area contributed by atoms with Crippen LogP contribution in [0.25, 0.3) is 0 Å². The van der Waals surface area contributed by atoms with Gasteiger partial charge < -0.3 is 9.64 Å². The van der Waals surface area contributed by atoms with Gasteiger partial charge in [-0.2, -0.15) is 0 Å². The molecule has 1 aromatic rings. The van der Waals surface area contributed by atoms with Crippen molar-refractivity contribution in [3.8, 4) is 0 Å². The first-order valence-corrected chi connectivity index (χ1v) is 10.1. The number of rotatable bonds is 6. The summed E-state index contributed by atoms with van der Waals surface area (Å²) in [6, 6.07) is 6.87. The van der Waals surface area contributed by atoms with Gasteiger partial charge in [-0.3, -0.25) is 9.69 Å². The predicted molar refractivity (Wildman–Crippen MR) is 105 cm³/mol. The van der Waals surface area contributed by atoms with Crippen molar-refractivity contribution >= 4 is 5.91 Å². The molecule has 1 aromatic carbocycles. The van der Waals surface area contributed by atoms with Crippen LogP contribution in [0.15, 0.2) is 18.2 Å². The number of amides is 1. The molecule has 1 spiro atoms. The van der Waals surface area contributed by atoms with Gasteiger partial charge in [0.25, 0.3) is 0 Å². The van der Waals surface area contributed by atoms with Crippen LogP contribution in [0, 0.1) is 19.3 Å². The number of methoxy groups -OCH3 is 1. The number of likely N-dealkylation sites (tertiary alicyclic amines) is 2. The van der Waals surface area contributed by atoms with E-state index in [0.717, 1.165) is 58.6 Å². The molecule has 144 valence electrons. The SMILES string of the molecule is COCCCN1CC2(CCC1=O)CCN(Cc1cc(C)cc(C)c1)CC2. The van der Waals surface area contributed by atoms with Crippen LogP contribution in [-0.4, -0.2) is 55.6 Å². The molecule has 0 N–H and O–H groups in total. The predicted octanol–water partition coefficient (Wildman–Crippen LogP) is 3.54. The number of ether oxygens (including phenoxy) is 1. The molecule has 0 aliphatic carbocycles. The van der Waals surface area contributed by atoms with Crippen LogP contribution in [0.3, 0.4) is 0 Å². The molecule has 26 heavy (non-hydrogen) atoms. The number of carbonyl (C=O) groups excluding carboxylic acids is 1. The highest BCUT2D eigenvalue weighted by molar-refractivity contribution is 5.77. The van der Waals surface area contributed by atoms with E-state index in [9.17, 15) is 4.79 Å². The first kappa shape index (κ1) is 19.4. The smallest absolute Gasteiger partial charge is 0.222 e. The topological polar surface area (TPSA) is 32.8 Å². The Bertz CT molecular complexity index is 600. The number of hydrogen-bond acceptors (Lipinski definition) is 3. The highest BCUT2D eigenvalue weighted by Crippen LogP contribution is 2.40. The maximum atomic E-state index is 12.3. The molecule has 0 bridgehead atoms. The average molecular weight is 359 g/mol. The summed E-state index contributed by atoms with van der Waals surface area (Å²) in [5, 5.41) is 0. The van der Waals surface area contributed by atoms with E-state index in [-0.39, 0.29) is 0 Å². The van der Waals surface area contributed by atoms with E-state index < -0.39 is 0 Å². The van der Waals surface area contributed by atoms with Crippen LogP contribution in [-0.2, 0) is 16.1 Å². The summed E-state index contributed by atoms with van der Waals surface area (Å²) in [5.41, 5.74) is 4.48. The van der Waals surface area contributed by atoms with Crippen LogP contribution in [0.1, 0.15) is 48.8 Å². The van der Waals surface area contributed by atoms with Gasteiger partial charge in [0.2, 0.25) is 5.91 Å². The fourth-order valence-corrected chi connectivity index (χ4v) is 4.72. The molecule has 4 nitrogen and oxygen atoms in total. The van der Waals surface area contributed by atoms with Crippen LogP contribution < -0.4 is 0 Å². The molecule has 0 atom stereocenters. The number of piperidine rings is 2. The molecule has 2 aliphatic rings. The molecular formula is C22H34N2O2. The molecule has 2 saturated heterocycles. The molecule has 3 rings (SSSR count). The first-order chi connectivity index (χ1) is 12.5. The van der Waals surface area contributed by atoms with Gasteiger partial charge in [0.1, 0.15) is 0 Å². The second-order valence-electron chi connectivity index (χ2n) is 8.43. The van der Waals surface area contributed by atoms with Gasteiger partial charge in [-0.15, -0.1) is 0 Å². The van der Waals surface area contributed by atoms with Crippen molar-refractivity contribution in [1.29, 1.82) is 0 Å². The van der Waals surface area contributed by atoms with Crippen LogP contribution in [0.2, 0.25) is 0 Å². The van der Waals surface area contributed by atoms with Gasteiger partial charge in [-0.1, -0.05) is 29.3 Å². The van der Waals surface area contributed by atoms with Crippen molar-refractivity contribution in [2.75, 3.05) is 39.9 Å². The van der Waals surface area contributed by atoms with Crippen LogP contribution in [0.4, 0.5) is 0 Å². The summed E-state index contributed by atoms with van der Waals surface area (Å²) in [5.74, 6) is 0.337. The maximum Gasteiger partial charge on any atom is 0.222 e. The Labute approximate surface area is 158 Å². The third-order valence-corrected chi connectivity index (χ3v) is 6.13. The first-order valence-electron chi connectivity index (χ1n) is 10.1. The monoisotopic (exact) mass is 358 g/mol. The molecule has 1 amide bonds. The van der Waals surface area contributed by atoms with Gasteiger partial charge in [0.15, 0.2) is 0 Å². The van der Waals surface area contributed by atoms with Gasteiger partial charge in [-0.05, 0) is 63.6 Å². The average Bonchev–Trinajstić information content (AvgIpc) is 2.60. The lowest BCUT2D eigenvalue weighted by Crippen LogP contribution is -2.51. The molecule has 0 aromatic heterocycles. The molecule has 0 radical (unpaired) electrons. The van der Waals surface area contributed by atoms with Crippen molar-refractivity contribution in [1.82, 2.24) is 9.80 Å². The Morgan fingerprint density at radius 1 is 1.08 bits per heavy atom. The second kappa shape index (κ2) is 8.53. The Morgan fingerprint density at radius 3 is 2.42 bits per heavy atom. The normalized spacial score (nSPS) is 20.7. The zero-order valence-electron chi connectivity index (χ0n) is 16.7. The number of carbonyl (C=O) groups is 1. The van der Waals surface area contributed by atoms with E-state index in [1.807, 2.05) is 0 Å². The second-order valence-corrected chi connectivity index (χ2v) is 8.43. The molecule has 2 heterocycles. The van der Waals surface area contributed by atoms with Crippen molar-refractivity contribution in [3.63, 3.8) is 0 Å². The molecule has 2 aliphatic heterocycles. The number of hydrogen-bond donors (Lipinski definition) is 0. The Balaban J connectivity index is 1.54. The summed E-state index contributed by atoms with van der Waals surface area (Å²) in [6.45, 7) is 10.2. The lowest BCUT2D eigenvalue weighted by Gasteiger charge is -2.47. The zero-order valence-corrected chi connectivity index (χ0v) is 16.7. The number of aryl methyl sites for hydroxylation is 2. The van der Waals surface area contributed by atoms with Gasteiger partial charge >= 0.3 is 0 Å². The minimum absolute atomic E-state index is 0.337. The lowest BCUT2D eigenvalue weighted by molar-refractivity contribution is -0.139. The fraction of sp³-hybridized carbons (Fsp3) is 0.682. The van der Waals surface area contributed by atoms with Crippen molar-refractivity contribution < 1.29 is 9.53 Å². The zero-order chi connectivity index (χ0) is 18.6. The van der Waals surface area contributed by atoms with E-state index in [1.54, 1.807) is 7.11 Å². The van der Waals surface area contributed by atoms with E-state index in [1.165, 1.54) is 29.5 Å². The molecular weight excluding hydrogens is 324 g/mol. The molecule has 0 unspecified atom stereocenters. The van der Waals surface area contributed by atoms with Crippen LogP contribution in [0.5, 0.6) is 0 Å². The van der Waals surface area contributed by atoms with E-state index in [4.69, 9.17) is 4.74 Å². The standard InChI is InChI=1S/C22H34N2O2/c1-18-13-19(2)15-20(14-18)16-23-10-7-22(8-11-23)6-5-21(25)24(17-22)9-4-12-26-3/h13-15H,4-12,16-17H2,1-3H3. The fourth-order valence-electron chi connectivity index (χ4n) is 4.72. The number of benzene rings is 1. The molecule has 4 heteroatoms. The minimum atomic E-state index is 0.337. The summed E-state index contributed by atoms with van der Waals surface area (Å²) >= 11 is 0. The van der Waals surface area contributed by atoms with E-state index >= 15 is 0 Å². The minimum Gasteiger partial charge on any atom is -0.385 e. The van der Waals surface area contributed by atoms with Crippen molar-refractivity contribution in [2.24, 2.45) is 5.41 Å². The molecule has 2 fully saturated rings. The summed E-state index contributed by atoms with van der Waals surface area (Å²) in [4.78, 5) is 16.9. The largest absolute Gasteiger partial charge is 0.385 e. The van der Waals surface area contributed by atoms with Crippen molar-refractivity contribution in [2.45, 2.75) is 52.5 Å². The Morgan fingerprint density at radius 2 is 1.77 bits per heavy atom. The summed E-state index contributed by atoms with van der Waals surface area (Å²) in [6.07, 6.45) is 5.17. The van der Waals surface area contributed by atoms with Crippen molar-refractivity contribution in [3.05, 3.63) is 34.9 Å². The Hall–Kier alpha value is -1.39. The summed E-state index contributed by atoms with van der Waals surface area (Å²) < 4.78 is 5.15. The van der Waals surface area contributed by atoms with E-state index in [2.05, 4.69) is 41.8 Å². The lowest BCUT2D eigenvalue weighted by atomic mass is 9.72. The highest BCUT2D eigenvalue weighted by Gasteiger charge is 2.40. The third kappa shape index (κ3) is 4.86. The van der Waals surface area contributed by atoms with Gasteiger partial charge in [-0.25, -0.2) is 0 Å². The quantitative estimate of drug-likeness (QED) is 0.729. The number of nitrogens with zero attached hydrogens (tertiary/aromatic N) is 2. The van der Waals surface area contributed by atoms with Gasteiger partial charge in [0.05, 0.1) is 0 Å².